The van der Waals surface area contributed by atoms with Gasteiger partial charge in [0.2, 0.25) is 0 Å². The van der Waals surface area contributed by atoms with Crippen molar-refractivity contribution in [2.24, 2.45) is 0 Å². The summed E-state index contributed by atoms with van der Waals surface area (Å²) in [5, 5.41) is 14.0. The first-order chi connectivity index (χ1) is 13.0. The number of nitrogens with zero attached hydrogens (tertiary/aromatic N) is 2. The van der Waals surface area contributed by atoms with Crippen molar-refractivity contribution >= 4 is 23.2 Å². The number of hydrogen-bond donors (Lipinski definition) is 1. The fraction of sp³-hybridized carbons (Fsp3) is 0.300. The lowest BCUT2D eigenvalue weighted by atomic mass is 10.1. The van der Waals surface area contributed by atoms with Gasteiger partial charge in [-0.05, 0) is 44.4 Å². The topological polar surface area (TPSA) is 92.6 Å². The molecular formula is C20H21N3O4. The number of nitro benzene ring substituents is 1. The van der Waals surface area contributed by atoms with Gasteiger partial charge in [0.15, 0.2) is 0 Å². The zero-order valence-corrected chi connectivity index (χ0v) is 15.1. The predicted molar refractivity (Wildman–Crippen MR) is 102 cm³/mol. The van der Waals surface area contributed by atoms with Gasteiger partial charge in [-0.25, -0.2) is 0 Å². The monoisotopic (exact) mass is 367 g/mol. The molecule has 7 heteroatoms. The van der Waals surface area contributed by atoms with Crippen LogP contribution in [0, 0.1) is 17.0 Å². The maximum absolute atomic E-state index is 12.8. The smallest absolute Gasteiger partial charge is 0.285 e. The Labute approximate surface area is 157 Å². The molecule has 1 aliphatic heterocycles. The Morgan fingerprint density at radius 2 is 1.67 bits per heavy atom. The third-order valence-corrected chi connectivity index (χ3v) is 4.71. The first-order valence-electron chi connectivity index (χ1n) is 8.92. The minimum absolute atomic E-state index is 0.0276. The van der Waals surface area contributed by atoms with Crippen molar-refractivity contribution in [3.63, 3.8) is 0 Å². The van der Waals surface area contributed by atoms with Gasteiger partial charge >= 0.3 is 0 Å². The van der Waals surface area contributed by atoms with Crippen LogP contribution in [0.25, 0.3) is 0 Å². The van der Waals surface area contributed by atoms with E-state index in [-0.39, 0.29) is 17.2 Å². The normalized spacial score (nSPS) is 13.9. The lowest BCUT2D eigenvalue weighted by Gasteiger charge is -2.27. The fourth-order valence-corrected chi connectivity index (χ4v) is 3.32. The molecule has 0 bridgehead atoms. The van der Waals surface area contributed by atoms with Gasteiger partial charge in [0.05, 0.1) is 16.2 Å². The fourth-order valence-electron chi connectivity index (χ4n) is 3.32. The van der Waals surface area contributed by atoms with Crippen molar-refractivity contribution in [2.75, 3.05) is 18.4 Å². The van der Waals surface area contributed by atoms with Crippen LogP contribution in [0.3, 0.4) is 0 Å². The van der Waals surface area contributed by atoms with E-state index in [1.807, 2.05) is 0 Å². The summed E-state index contributed by atoms with van der Waals surface area (Å²) in [5.41, 5.74) is 0.900. The van der Waals surface area contributed by atoms with E-state index in [2.05, 4.69) is 5.32 Å². The number of carbonyl (C=O) groups is 2. The molecule has 140 valence electrons. The summed E-state index contributed by atoms with van der Waals surface area (Å²) < 4.78 is 0. The van der Waals surface area contributed by atoms with E-state index in [0.29, 0.717) is 29.9 Å². The molecule has 2 aromatic carbocycles. The number of benzene rings is 2. The molecule has 0 aromatic heterocycles. The number of amides is 2. The third kappa shape index (κ3) is 3.97. The van der Waals surface area contributed by atoms with E-state index >= 15 is 0 Å². The second kappa shape index (κ2) is 7.99. The summed E-state index contributed by atoms with van der Waals surface area (Å²) in [6, 6.07) is 11.4. The molecular weight excluding hydrogens is 346 g/mol. The van der Waals surface area contributed by atoms with Crippen LogP contribution in [0.1, 0.15) is 45.5 Å². The molecule has 0 spiro atoms. The van der Waals surface area contributed by atoms with Crippen LogP contribution in [0.2, 0.25) is 0 Å². The van der Waals surface area contributed by atoms with Crippen LogP contribution in [-0.2, 0) is 0 Å². The van der Waals surface area contributed by atoms with Crippen molar-refractivity contribution < 1.29 is 14.5 Å². The van der Waals surface area contributed by atoms with E-state index in [1.54, 1.807) is 48.2 Å². The third-order valence-electron chi connectivity index (χ3n) is 4.71. The van der Waals surface area contributed by atoms with Crippen LogP contribution < -0.4 is 5.32 Å². The molecule has 2 aromatic rings. The van der Waals surface area contributed by atoms with E-state index in [1.165, 1.54) is 6.07 Å². The zero-order chi connectivity index (χ0) is 19.4. The van der Waals surface area contributed by atoms with Crippen LogP contribution in [0.4, 0.5) is 11.4 Å². The van der Waals surface area contributed by atoms with E-state index in [9.17, 15) is 19.7 Å². The van der Waals surface area contributed by atoms with Crippen LogP contribution in [0.5, 0.6) is 0 Å². The summed E-state index contributed by atoms with van der Waals surface area (Å²) >= 11 is 0. The lowest BCUT2D eigenvalue weighted by molar-refractivity contribution is -0.385. The summed E-state index contributed by atoms with van der Waals surface area (Å²) in [6.45, 7) is 2.98. The molecule has 0 atom stereocenters. The highest BCUT2D eigenvalue weighted by atomic mass is 16.6. The molecule has 1 heterocycles. The zero-order valence-electron chi connectivity index (χ0n) is 15.1. The SMILES string of the molecule is Cc1cccc(C(=O)Nc2ccccc2C(=O)N2CCCCC2)c1[N+](=O)[O-]. The molecule has 1 saturated heterocycles. The highest BCUT2D eigenvalue weighted by molar-refractivity contribution is 6.10. The van der Waals surface area contributed by atoms with Crippen molar-refractivity contribution in [2.45, 2.75) is 26.2 Å². The minimum atomic E-state index is -0.607. The number of rotatable bonds is 4. The predicted octanol–water partition coefficient (Wildman–Crippen LogP) is 3.78. The number of hydrogen-bond acceptors (Lipinski definition) is 4. The molecule has 2 amide bonds. The molecule has 1 fully saturated rings. The number of aryl methyl sites for hydroxylation is 1. The highest BCUT2D eigenvalue weighted by Gasteiger charge is 2.25. The average molecular weight is 367 g/mol. The second-order valence-corrected chi connectivity index (χ2v) is 6.58. The van der Waals surface area contributed by atoms with E-state index < -0.39 is 10.8 Å². The molecule has 0 aliphatic carbocycles. The summed E-state index contributed by atoms with van der Waals surface area (Å²) in [4.78, 5) is 38.1. The number of likely N-dealkylation sites (tertiary alicyclic amines) is 1. The Kier molecular flexibility index (Phi) is 5.49. The maximum atomic E-state index is 12.8. The number of nitrogens with one attached hydrogen (secondary N) is 1. The Bertz CT molecular complexity index is 889. The van der Waals surface area contributed by atoms with Gasteiger partial charge < -0.3 is 10.2 Å². The highest BCUT2D eigenvalue weighted by Crippen LogP contribution is 2.25. The number of piperidine rings is 1. The van der Waals surface area contributed by atoms with Gasteiger partial charge in [0, 0.05) is 18.7 Å². The standard InChI is InChI=1S/C20H21N3O4/c1-14-8-7-10-16(18(14)23(26)27)19(24)21-17-11-4-3-9-15(17)20(25)22-12-5-2-6-13-22/h3-4,7-11H,2,5-6,12-13H2,1H3,(H,21,24). The van der Waals surface area contributed by atoms with Crippen molar-refractivity contribution in [3.05, 3.63) is 69.3 Å². The summed E-state index contributed by atoms with van der Waals surface area (Å²) in [6.07, 6.45) is 3.05. The van der Waals surface area contributed by atoms with Crippen molar-refractivity contribution in [1.82, 2.24) is 4.90 Å². The average Bonchev–Trinajstić information content (AvgIpc) is 2.68. The Morgan fingerprint density at radius 3 is 2.37 bits per heavy atom. The van der Waals surface area contributed by atoms with Crippen molar-refractivity contribution in [1.29, 1.82) is 0 Å². The number of carbonyl (C=O) groups excluding carboxylic acids is 2. The summed E-state index contributed by atoms with van der Waals surface area (Å²) in [5.74, 6) is -0.742. The van der Waals surface area contributed by atoms with Gasteiger partial charge in [-0.1, -0.05) is 24.3 Å². The van der Waals surface area contributed by atoms with Crippen LogP contribution >= 0.6 is 0 Å². The van der Waals surface area contributed by atoms with Gasteiger partial charge in [-0.2, -0.15) is 0 Å². The molecule has 27 heavy (non-hydrogen) atoms. The summed E-state index contributed by atoms with van der Waals surface area (Å²) in [7, 11) is 0. The first kappa shape index (κ1) is 18.6. The Hall–Kier alpha value is -3.22. The Morgan fingerprint density at radius 1 is 1.00 bits per heavy atom. The van der Waals surface area contributed by atoms with E-state index in [0.717, 1.165) is 19.3 Å². The van der Waals surface area contributed by atoms with Gasteiger partial charge in [0.25, 0.3) is 17.5 Å². The Balaban J connectivity index is 1.89. The molecule has 1 N–H and O–H groups in total. The molecule has 1 aliphatic rings. The molecule has 0 radical (unpaired) electrons. The van der Waals surface area contributed by atoms with Crippen LogP contribution in [0.15, 0.2) is 42.5 Å². The number of nitro groups is 1. The maximum Gasteiger partial charge on any atom is 0.285 e. The second-order valence-electron chi connectivity index (χ2n) is 6.58. The van der Waals surface area contributed by atoms with Crippen LogP contribution in [-0.4, -0.2) is 34.7 Å². The molecule has 0 unspecified atom stereocenters. The van der Waals surface area contributed by atoms with Gasteiger partial charge in [0.1, 0.15) is 5.56 Å². The van der Waals surface area contributed by atoms with Gasteiger partial charge in [-0.3, -0.25) is 19.7 Å². The molecule has 0 saturated carbocycles. The number of anilines is 1. The quantitative estimate of drug-likeness (QED) is 0.657. The van der Waals surface area contributed by atoms with E-state index in [4.69, 9.17) is 0 Å². The number of para-hydroxylation sites is 2. The first-order valence-corrected chi connectivity index (χ1v) is 8.92. The molecule has 3 rings (SSSR count). The minimum Gasteiger partial charge on any atom is -0.339 e. The molecule has 7 nitrogen and oxygen atoms in total. The lowest BCUT2D eigenvalue weighted by Crippen LogP contribution is -2.36. The largest absolute Gasteiger partial charge is 0.339 e. The van der Waals surface area contributed by atoms with Gasteiger partial charge in [-0.15, -0.1) is 0 Å². The van der Waals surface area contributed by atoms with Crippen molar-refractivity contribution in [3.8, 4) is 0 Å².